The average molecular weight is 289 g/mol. The third-order valence-corrected chi connectivity index (χ3v) is 3.17. The smallest absolute Gasteiger partial charge is 0.326 e. The maximum Gasteiger partial charge on any atom is 0.326 e. The molecule has 1 aromatic rings. The number of anilines is 1. The van der Waals surface area contributed by atoms with E-state index in [9.17, 15) is 4.79 Å². The number of aliphatic carboxylic acids is 1. The van der Waals surface area contributed by atoms with E-state index in [4.69, 9.17) is 5.11 Å². The Hall–Kier alpha value is -0.780. The number of hydrogen-bond donors (Lipinski definition) is 2. The fourth-order valence-electron chi connectivity index (χ4n) is 1.49. The molecule has 0 saturated carbocycles. The van der Waals surface area contributed by atoms with Crippen LogP contribution in [0.3, 0.4) is 0 Å². The van der Waals surface area contributed by atoms with E-state index in [0.29, 0.717) is 6.42 Å². The lowest BCUT2D eigenvalue weighted by Gasteiger charge is -2.03. The molecule has 1 unspecified atom stereocenters. The number of hydrogen-bond acceptors (Lipinski definition) is 2. The van der Waals surface area contributed by atoms with Crippen molar-refractivity contribution in [1.29, 1.82) is 0 Å². The van der Waals surface area contributed by atoms with Crippen molar-refractivity contribution >= 4 is 34.2 Å². The molecule has 0 amide bonds. The summed E-state index contributed by atoms with van der Waals surface area (Å²) >= 11 is 2.23. The van der Waals surface area contributed by atoms with Gasteiger partial charge in [-0.15, -0.1) is 0 Å². The van der Waals surface area contributed by atoms with Crippen molar-refractivity contribution < 1.29 is 9.90 Å². The van der Waals surface area contributed by atoms with E-state index in [-0.39, 0.29) is 0 Å². The molecule has 0 spiro atoms. The highest BCUT2D eigenvalue weighted by molar-refractivity contribution is 14.1. The molecular weight excluding hydrogens is 281 g/mol. The molecule has 1 atom stereocenters. The van der Waals surface area contributed by atoms with E-state index in [1.165, 1.54) is 0 Å². The van der Waals surface area contributed by atoms with Gasteiger partial charge in [-0.2, -0.15) is 0 Å². The summed E-state index contributed by atoms with van der Waals surface area (Å²) in [6, 6.07) is 5.38. The van der Waals surface area contributed by atoms with Crippen LogP contribution >= 0.6 is 22.6 Å². The molecule has 1 aromatic carbocycles. The van der Waals surface area contributed by atoms with Crippen LogP contribution in [0.15, 0.2) is 18.2 Å². The van der Waals surface area contributed by atoms with Gasteiger partial charge in [0.2, 0.25) is 0 Å². The van der Waals surface area contributed by atoms with Gasteiger partial charge in [0.25, 0.3) is 0 Å². The topological polar surface area (TPSA) is 49.3 Å². The summed E-state index contributed by atoms with van der Waals surface area (Å²) < 4.78 is 1.13. The van der Waals surface area contributed by atoms with Crippen LogP contribution < -0.4 is 5.32 Å². The highest BCUT2D eigenvalue weighted by Gasteiger charge is 2.27. The second-order valence-corrected chi connectivity index (χ2v) is 4.17. The number of halogens is 1. The van der Waals surface area contributed by atoms with Gasteiger partial charge in [0, 0.05) is 15.7 Å². The van der Waals surface area contributed by atoms with Crippen molar-refractivity contribution in [2.24, 2.45) is 0 Å². The minimum Gasteiger partial charge on any atom is -0.480 e. The average Bonchev–Trinajstić information content (AvgIpc) is 2.49. The molecule has 1 heterocycles. The second-order valence-electron chi connectivity index (χ2n) is 3.01. The Bertz CT molecular complexity index is 365. The van der Waals surface area contributed by atoms with Gasteiger partial charge in [-0.1, -0.05) is 6.07 Å². The standard InChI is InChI=1S/C9H8INO2/c10-6-2-1-3-7-5(6)4-8(11-7)9(12)13/h1-3,8,11H,4H2,(H,12,13). The third-order valence-electron chi connectivity index (χ3n) is 2.15. The highest BCUT2D eigenvalue weighted by atomic mass is 127. The van der Waals surface area contributed by atoms with E-state index in [1.54, 1.807) is 0 Å². The Morgan fingerprint density at radius 3 is 3.00 bits per heavy atom. The molecule has 1 aliphatic heterocycles. The number of carboxylic acid groups (broad SMARTS) is 1. The molecule has 3 nitrogen and oxygen atoms in total. The van der Waals surface area contributed by atoms with Crippen LogP contribution in [-0.4, -0.2) is 17.1 Å². The van der Waals surface area contributed by atoms with E-state index in [2.05, 4.69) is 27.9 Å². The van der Waals surface area contributed by atoms with E-state index in [1.807, 2.05) is 18.2 Å². The van der Waals surface area contributed by atoms with Gasteiger partial charge < -0.3 is 10.4 Å². The number of nitrogens with one attached hydrogen (secondary N) is 1. The first-order valence-electron chi connectivity index (χ1n) is 3.95. The maximum atomic E-state index is 10.7. The molecule has 0 fully saturated rings. The number of benzene rings is 1. The largest absolute Gasteiger partial charge is 0.480 e. The van der Waals surface area contributed by atoms with Crippen molar-refractivity contribution in [3.63, 3.8) is 0 Å². The van der Waals surface area contributed by atoms with Gasteiger partial charge in [-0.25, -0.2) is 4.79 Å². The summed E-state index contributed by atoms with van der Waals surface area (Å²) in [5, 5.41) is 11.8. The molecule has 2 N–H and O–H groups in total. The van der Waals surface area contributed by atoms with Crippen LogP contribution in [0.1, 0.15) is 5.56 Å². The summed E-state index contributed by atoms with van der Waals surface area (Å²) in [6.45, 7) is 0. The van der Waals surface area contributed by atoms with Crippen molar-refractivity contribution in [3.8, 4) is 0 Å². The van der Waals surface area contributed by atoms with E-state index < -0.39 is 12.0 Å². The van der Waals surface area contributed by atoms with Crippen LogP contribution in [-0.2, 0) is 11.2 Å². The van der Waals surface area contributed by atoms with Crippen LogP contribution in [0.5, 0.6) is 0 Å². The van der Waals surface area contributed by atoms with E-state index in [0.717, 1.165) is 14.8 Å². The van der Waals surface area contributed by atoms with Crippen LogP contribution in [0.2, 0.25) is 0 Å². The summed E-state index contributed by atoms with van der Waals surface area (Å²) in [5.74, 6) is -0.785. The molecule has 0 saturated heterocycles. The van der Waals surface area contributed by atoms with E-state index >= 15 is 0 Å². The van der Waals surface area contributed by atoms with Crippen molar-refractivity contribution in [3.05, 3.63) is 27.3 Å². The molecule has 68 valence electrons. The van der Waals surface area contributed by atoms with Gasteiger partial charge in [0.1, 0.15) is 6.04 Å². The zero-order chi connectivity index (χ0) is 9.42. The van der Waals surface area contributed by atoms with Gasteiger partial charge in [0.15, 0.2) is 0 Å². The molecular formula is C9H8INO2. The van der Waals surface area contributed by atoms with Crippen molar-refractivity contribution in [1.82, 2.24) is 0 Å². The highest BCUT2D eigenvalue weighted by Crippen LogP contribution is 2.29. The summed E-state index contributed by atoms with van der Waals surface area (Å²) in [6.07, 6.45) is 0.587. The Morgan fingerprint density at radius 2 is 2.38 bits per heavy atom. The fraction of sp³-hybridized carbons (Fsp3) is 0.222. The molecule has 2 rings (SSSR count). The SMILES string of the molecule is O=C(O)C1Cc2c(I)cccc2N1. The maximum absolute atomic E-state index is 10.7. The van der Waals surface area contributed by atoms with Crippen LogP contribution in [0, 0.1) is 3.57 Å². The quantitative estimate of drug-likeness (QED) is 0.774. The zero-order valence-electron chi connectivity index (χ0n) is 6.75. The predicted octanol–water partition coefficient (Wildman–Crippen LogP) is 1.71. The fourth-order valence-corrected chi connectivity index (χ4v) is 2.21. The molecule has 4 heteroatoms. The summed E-state index contributed by atoms with van der Waals surface area (Å²) in [4.78, 5) is 10.7. The molecule has 0 radical (unpaired) electrons. The molecule has 13 heavy (non-hydrogen) atoms. The van der Waals surface area contributed by atoms with Crippen LogP contribution in [0.25, 0.3) is 0 Å². The Labute approximate surface area is 89.3 Å². The third kappa shape index (κ3) is 1.50. The predicted molar refractivity (Wildman–Crippen MR) is 57.9 cm³/mol. The van der Waals surface area contributed by atoms with Crippen molar-refractivity contribution in [2.75, 3.05) is 5.32 Å². The van der Waals surface area contributed by atoms with Gasteiger partial charge in [-0.3, -0.25) is 0 Å². The van der Waals surface area contributed by atoms with Crippen molar-refractivity contribution in [2.45, 2.75) is 12.5 Å². The van der Waals surface area contributed by atoms with Gasteiger partial charge >= 0.3 is 5.97 Å². The monoisotopic (exact) mass is 289 g/mol. The minimum absolute atomic E-state index is 0.453. The summed E-state index contributed by atoms with van der Waals surface area (Å²) in [5.41, 5.74) is 2.08. The zero-order valence-corrected chi connectivity index (χ0v) is 8.91. The normalized spacial score (nSPS) is 19.3. The first-order chi connectivity index (χ1) is 6.18. The number of carboxylic acids is 1. The first-order valence-corrected chi connectivity index (χ1v) is 5.03. The van der Waals surface area contributed by atoms with Gasteiger partial charge in [0.05, 0.1) is 0 Å². The molecule has 1 aliphatic rings. The molecule has 0 aromatic heterocycles. The lowest BCUT2D eigenvalue weighted by molar-refractivity contribution is -0.137. The lowest BCUT2D eigenvalue weighted by atomic mass is 10.1. The van der Waals surface area contributed by atoms with Crippen LogP contribution in [0.4, 0.5) is 5.69 Å². The summed E-state index contributed by atoms with van der Waals surface area (Å²) in [7, 11) is 0. The lowest BCUT2D eigenvalue weighted by Crippen LogP contribution is -2.26. The second kappa shape index (κ2) is 3.17. The Balaban J connectivity index is 2.35. The molecule has 0 bridgehead atoms. The number of rotatable bonds is 1. The number of fused-ring (bicyclic) bond motifs is 1. The Morgan fingerprint density at radius 1 is 1.62 bits per heavy atom. The molecule has 0 aliphatic carbocycles. The number of carbonyl (C=O) groups is 1. The Kier molecular flexibility index (Phi) is 2.15. The minimum atomic E-state index is -0.785. The first kappa shape index (κ1) is 8.80. The van der Waals surface area contributed by atoms with Gasteiger partial charge in [-0.05, 0) is 40.3 Å².